The number of thiazole rings is 1. The summed E-state index contributed by atoms with van der Waals surface area (Å²) in [5, 5.41) is 20.8. The van der Waals surface area contributed by atoms with Gasteiger partial charge < -0.3 is 30.9 Å². The van der Waals surface area contributed by atoms with Gasteiger partial charge in [-0.3, -0.25) is 14.4 Å². The molecule has 38 heavy (non-hydrogen) atoms. The number of hydrogen-bond donors (Lipinski definition) is 4. The molecule has 4 heterocycles. The molecule has 0 aromatic carbocycles. The Morgan fingerprint density at radius 2 is 1.97 bits per heavy atom. The summed E-state index contributed by atoms with van der Waals surface area (Å²) in [7, 11) is 2.04. The lowest BCUT2D eigenvalue weighted by molar-refractivity contribution is -0.144. The molecule has 1 saturated carbocycles. The minimum Gasteiger partial charge on any atom is -0.380 e. The summed E-state index contributed by atoms with van der Waals surface area (Å²) in [6.07, 6.45) is 9.66. The van der Waals surface area contributed by atoms with Crippen molar-refractivity contribution >= 4 is 40.7 Å². The molecule has 202 valence electrons. The number of amides is 3. The summed E-state index contributed by atoms with van der Waals surface area (Å²) in [5.74, 6) is -0.897. The Balaban J connectivity index is 1.17. The van der Waals surface area contributed by atoms with Crippen molar-refractivity contribution in [3.8, 4) is 0 Å². The van der Waals surface area contributed by atoms with E-state index in [1.165, 1.54) is 11.3 Å². The van der Waals surface area contributed by atoms with Gasteiger partial charge in [0.05, 0.1) is 29.5 Å². The number of likely N-dealkylation sites (N-methyl/N-ethyl adjacent to an activating group) is 1. The molecular weight excluding hydrogens is 528 g/mol. The number of nitrogens with one attached hydrogen (secondary N) is 3. The number of allylic oxidation sites excluding steroid dienone is 2. The Morgan fingerprint density at radius 3 is 2.76 bits per heavy atom. The summed E-state index contributed by atoms with van der Waals surface area (Å²) < 4.78 is 0. The fraction of sp³-hybridized carbons (Fsp3) is 0.538. The normalized spacial score (nSPS) is 29.4. The van der Waals surface area contributed by atoms with E-state index in [0.29, 0.717) is 41.5 Å². The van der Waals surface area contributed by atoms with Crippen LogP contribution in [0.2, 0.25) is 0 Å². The topological polar surface area (TPSA) is 127 Å². The van der Waals surface area contributed by atoms with Crippen LogP contribution >= 0.6 is 22.9 Å². The highest BCUT2D eigenvalue weighted by molar-refractivity contribution is 7.13. The van der Waals surface area contributed by atoms with Crippen molar-refractivity contribution in [2.24, 2.45) is 5.92 Å². The Bertz CT molecular complexity index is 1270. The summed E-state index contributed by atoms with van der Waals surface area (Å²) >= 11 is 7.51. The Morgan fingerprint density at radius 1 is 1.18 bits per heavy atom. The molecule has 2 aliphatic carbocycles. The summed E-state index contributed by atoms with van der Waals surface area (Å²) in [6, 6.07) is -0.957. The molecule has 0 bridgehead atoms. The minimum absolute atomic E-state index is 0.00233. The second-order valence-electron chi connectivity index (χ2n) is 10.8. The molecule has 10 nitrogen and oxygen atoms in total. The van der Waals surface area contributed by atoms with Gasteiger partial charge >= 0.3 is 0 Å². The van der Waals surface area contributed by atoms with Crippen LogP contribution < -0.4 is 16.0 Å². The third-order valence-electron chi connectivity index (χ3n) is 7.93. The molecule has 3 amide bonds. The average Bonchev–Trinajstić information content (AvgIpc) is 3.31. The van der Waals surface area contributed by atoms with E-state index in [2.05, 4.69) is 25.8 Å². The predicted octanol–water partition coefficient (Wildman–Crippen LogP) is 0.636. The first-order chi connectivity index (χ1) is 18.2. The Hall–Kier alpha value is -2.73. The first kappa shape index (κ1) is 25.5. The second-order valence-corrected chi connectivity index (χ2v) is 12.4. The van der Waals surface area contributed by atoms with Crippen LogP contribution in [0.25, 0.3) is 0 Å². The molecule has 12 heteroatoms. The Kier molecular flexibility index (Phi) is 6.58. The number of piperidine rings is 1. The zero-order chi connectivity index (χ0) is 26.6. The van der Waals surface area contributed by atoms with E-state index in [9.17, 15) is 19.5 Å². The van der Waals surface area contributed by atoms with E-state index in [0.717, 1.165) is 30.1 Å². The third kappa shape index (κ3) is 5.00. The van der Waals surface area contributed by atoms with Crippen molar-refractivity contribution in [3.63, 3.8) is 0 Å². The van der Waals surface area contributed by atoms with E-state index in [1.54, 1.807) is 4.90 Å². The maximum absolute atomic E-state index is 13.3. The van der Waals surface area contributed by atoms with Crippen LogP contribution in [0.1, 0.15) is 39.6 Å². The van der Waals surface area contributed by atoms with Crippen LogP contribution in [-0.4, -0.2) is 88.0 Å². The fourth-order valence-corrected chi connectivity index (χ4v) is 6.81. The first-order valence-electron chi connectivity index (χ1n) is 13.0. The van der Waals surface area contributed by atoms with Crippen LogP contribution in [0.5, 0.6) is 0 Å². The average molecular weight is 559 g/mol. The van der Waals surface area contributed by atoms with Gasteiger partial charge in [-0.25, -0.2) is 4.98 Å². The lowest BCUT2D eigenvalue weighted by Crippen LogP contribution is -2.62. The molecule has 0 radical (unpaired) electrons. The van der Waals surface area contributed by atoms with Gasteiger partial charge in [0, 0.05) is 48.4 Å². The van der Waals surface area contributed by atoms with E-state index < -0.39 is 17.7 Å². The largest absolute Gasteiger partial charge is 0.380 e. The predicted molar refractivity (Wildman–Crippen MR) is 142 cm³/mol. The lowest BCUT2D eigenvalue weighted by atomic mass is 9.97. The molecule has 1 aromatic rings. The summed E-state index contributed by atoms with van der Waals surface area (Å²) in [6.45, 7) is 2.25. The molecule has 1 saturated heterocycles. The van der Waals surface area contributed by atoms with Crippen LogP contribution in [0.4, 0.5) is 0 Å². The van der Waals surface area contributed by atoms with Gasteiger partial charge in [0.2, 0.25) is 0 Å². The molecule has 0 spiro atoms. The Labute approximate surface area is 229 Å². The van der Waals surface area contributed by atoms with Gasteiger partial charge in [-0.2, -0.15) is 0 Å². The highest BCUT2D eigenvalue weighted by Crippen LogP contribution is 2.37. The van der Waals surface area contributed by atoms with Gasteiger partial charge in [-0.1, -0.05) is 23.8 Å². The summed E-state index contributed by atoms with van der Waals surface area (Å²) in [4.78, 5) is 48.9. The highest BCUT2D eigenvalue weighted by Gasteiger charge is 2.51. The number of hydrogen-bond acceptors (Lipinski definition) is 8. The lowest BCUT2D eigenvalue weighted by Gasteiger charge is -2.40. The van der Waals surface area contributed by atoms with Gasteiger partial charge in [-0.15, -0.1) is 11.3 Å². The molecule has 6 rings (SSSR count). The molecule has 5 aliphatic rings. The van der Waals surface area contributed by atoms with Crippen molar-refractivity contribution in [2.45, 2.75) is 56.0 Å². The van der Waals surface area contributed by atoms with Gasteiger partial charge in [0.25, 0.3) is 17.7 Å². The van der Waals surface area contributed by atoms with Gasteiger partial charge in [0.15, 0.2) is 5.01 Å². The standard InChI is InChI=1S/C26H31ClN6O4S/c1-32-8-4-18-21(13-32)38-24(31-18)23(35)30-20-12-33(25(36)26(37)6-7-26)9-5-17(20)29-22(34)19-11-14-10-15(27)2-3-16(14)28-19/h2-3,10-11,14,16-17,20,28,37H,4-9,12-13H2,1H3,(H,29,34)(H,30,35)/t14?,16?,17-,20+/m0/s1. The van der Waals surface area contributed by atoms with E-state index in [-0.39, 0.29) is 36.2 Å². The van der Waals surface area contributed by atoms with Crippen LogP contribution in [0.15, 0.2) is 35.0 Å². The number of carbonyl (C=O) groups is 3. The zero-order valence-electron chi connectivity index (χ0n) is 21.1. The number of fused-ring (bicyclic) bond motifs is 2. The van der Waals surface area contributed by atoms with Crippen molar-refractivity contribution in [2.75, 3.05) is 26.7 Å². The summed E-state index contributed by atoms with van der Waals surface area (Å²) in [5.41, 5.74) is 0.130. The fourth-order valence-electron chi connectivity index (χ4n) is 5.50. The van der Waals surface area contributed by atoms with Crippen molar-refractivity contribution in [3.05, 3.63) is 50.6 Å². The van der Waals surface area contributed by atoms with Crippen LogP contribution in [-0.2, 0) is 22.6 Å². The van der Waals surface area contributed by atoms with E-state index in [1.807, 2.05) is 31.4 Å². The number of aliphatic hydroxyl groups is 1. The van der Waals surface area contributed by atoms with Crippen LogP contribution in [0.3, 0.4) is 0 Å². The van der Waals surface area contributed by atoms with E-state index >= 15 is 0 Å². The number of carbonyl (C=O) groups excluding carboxylic acids is 3. The third-order valence-corrected chi connectivity index (χ3v) is 9.26. The SMILES string of the molecule is CN1CCc2nc(C(=O)N[C@@H]3CN(C(=O)C4(O)CC4)CC[C@@H]3NC(=O)C3=CC4C=C(Cl)C=CC4N3)sc2C1. The van der Waals surface area contributed by atoms with Crippen molar-refractivity contribution in [1.29, 1.82) is 0 Å². The molecule has 3 aliphatic heterocycles. The quantitative estimate of drug-likeness (QED) is 0.418. The molecule has 2 fully saturated rings. The zero-order valence-corrected chi connectivity index (χ0v) is 22.6. The minimum atomic E-state index is -1.29. The first-order valence-corrected chi connectivity index (χ1v) is 14.2. The number of rotatable bonds is 5. The smallest absolute Gasteiger partial charge is 0.280 e. The molecule has 1 aromatic heterocycles. The maximum atomic E-state index is 13.3. The van der Waals surface area contributed by atoms with Crippen LogP contribution in [0, 0.1) is 5.92 Å². The number of aromatic nitrogens is 1. The number of nitrogens with zero attached hydrogens (tertiary/aromatic N) is 3. The van der Waals surface area contributed by atoms with Gasteiger partial charge in [0.1, 0.15) is 5.60 Å². The van der Waals surface area contributed by atoms with Gasteiger partial charge in [-0.05, 0) is 38.5 Å². The molecule has 4 atom stereocenters. The van der Waals surface area contributed by atoms with Crippen molar-refractivity contribution in [1.82, 2.24) is 30.7 Å². The van der Waals surface area contributed by atoms with E-state index in [4.69, 9.17) is 11.6 Å². The number of halogens is 1. The number of likely N-dealkylation sites (tertiary alicyclic amines) is 1. The second kappa shape index (κ2) is 9.78. The molecule has 2 unspecified atom stereocenters. The molecule has 4 N–H and O–H groups in total. The maximum Gasteiger partial charge on any atom is 0.280 e. The highest BCUT2D eigenvalue weighted by atomic mass is 35.5. The monoisotopic (exact) mass is 558 g/mol. The van der Waals surface area contributed by atoms with Crippen molar-refractivity contribution < 1.29 is 19.5 Å². The molecular formula is C26H31ClN6O4S.